The molecule has 0 unspecified atom stereocenters. The number of urea groups is 2. The second-order valence-corrected chi connectivity index (χ2v) is 6.35. The second kappa shape index (κ2) is 8.72. The molecule has 3 N–H and O–H groups in total. The predicted molar refractivity (Wildman–Crippen MR) is 103 cm³/mol. The van der Waals surface area contributed by atoms with E-state index in [-0.39, 0.29) is 18.1 Å². The van der Waals surface area contributed by atoms with Gasteiger partial charge in [0.05, 0.1) is 11.6 Å². The Balaban J connectivity index is 1.43. The van der Waals surface area contributed by atoms with Crippen LogP contribution in [0.2, 0.25) is 0 Å². The van der Waals surface area contributed by atoms with Crippen LogP contribution in [-0.2, 0) is 0 Å². The van der Waals surface area contributed by atoms with Gasteiger partial charge in [-0.15, -0.1) is 0 Å². The van der Waals surface area contributed by atoms with Crippen LogP contribution in [-0.4, -0.2) is 36.1 Å². The van der Waals surface area contributed by atoms with Gasteiger partial charge < -0.3 is 20.9 Å². The minimum absolute atomic E-state index is 0.0349. The van der Waals surface area contributed by atoms with E-state index < -0.39 is 0 Å². The molecule has 1 aliphatic heterocycles. The fraction of sp³-hybridized carbons (Fsp3) is 0.250. The van der Waals surface area contributed by atoms with Crippen molar-refractivity contribution in [3.8, 4) is 6.07 Å². The summed E-state index contributed by atoms with van der Waals surface area (Å²) in [6.45, 7) is 1.14. The van der Waals surface area contributed by atoms with Gasteiger partial charge in [0.1, 0.15) is 0 Å². The van der Waals surface area contributed by atoms with Crippen LogP contribution < -0.4 is 16.0 Å². The van der Waals surface area contributed by atoms with Gasteiger partial charge in [-0.05, 0) is 49.2 Å². The molecule has 7 heteroatoms. The molecule has 0 aromatic heterocycles. The molecule has 4 amide bonds. The van der Waals surface area contributed by atoms with Gasteiger partial charge in [0.2, 0.25) is 0 Å². The highest BCUT2D eigenvalue weighted by atomic mass is 16.2. The number of amides is 4. The van der Waals surface area contributed by atoms with Gasteiger partial charge in [-0.3, -0.25) is 0 Å². The highest BCUT2D eigenvalue weighted by molar-refractivity contribution is 5.90. The van der Waals surface area contributed by atoms with E-state index in [2.05, 4.69) is 16.0 Å². The van der Waals surface area contributed by atoms with E-state index in [1.807, 2.05) is 36.4 Å². The molecule has 0 atom stereocenters. The van der Waals surface area contributed by atoms with E-state index in [9.17, 15) is 9.59 Å². The van der Waals surface area contributed by atoms with Crippen molar-refractivity contribution < 1.29 is 9.59 Å². The maximum Gasteiger partial charge on any atom is 0.321 e. The Bertz CT molecular complexity index is 822. The topological polar surface area (TPSA) is 97.3 Å². The van der Waals surface area contributed by atoms with E-state index in [1.54, 1.807) is 29.2 Å². The number of carbonyl (C=O) groups is 2. The summed E-state index contributed by atoms with van der Waals surface area (Å²) < 4.78 is 0. The summed E-state index contributed by atoms with van der Waals surface area (Å²) in [4.78, 5) is 26.1. The van der Waals surface area contributed by atoms with Crippen LogP contribution in [0.4, 0.5) is 21.0 Å². The van der Waals surface area contributed by atoms with Crippen molar-refractivity contribution in [2.45, 2.75) is 18.9 Å². The Labute approximate surface area is 158 Å². The lowest BCUT2D eigenvalue weighted by Gasteiger charge is -2.32. The summed E-state index contributed by atoms with van der Waals surface area (Å²) in [6.07, 6.45) is 1.39. The number of rotatable bonds is 3. The van der Waals surface area contributed by atoms with E-state index in [1.165, 1.54) is 0 Å². The number of nitrogens with zero attached hydrogens (tertiary/aromatic N) is 2. The molecule has 0 saturated carbocycles. The van der Waals surface area contributed by atoms with Gasteiger partial charge >= 0.3 is 12.1 Å². The van der Waals surface area contributed by atoms with Gasteiger partial charge in [0.25, 0.3) is 0 Å². The number of piperidine rings is 1. The lowest BCUT2D eigenvalue weighted by atomic mass is 10.1. The van der Waals surface area contributed by atoms with Crippen LogP contribution in [0, 0.1) is 11.3 Å². The molecule has 7 nitrogen and oxygen atoms in total. The molecular formula is C20H21N5O2. The first-order chi connectivity index (χ1) is 13.1. The van der Waals surface area contributed by atoms with E-state index in [0.717, 1.165) is 5.69 Å². The Morgan fingerprint density at radius 2 is 1.56 bits per heavy atom. The number of hydrogen-bond acceptors (Lipinski definition) is 3. The molecule has 1 saturated heterocycles. The smallest absolute Gasteiger partial charge is 0.321 e. The van der Waals surface area contributed by atoms with Crippen molar-refractivity contribution in [2.24, 2.45) is 0 Å². The molecule has 3 rings (SSSR count). The maximum absolute atomic E-state index is 12.3. The average Bonchev–Trinajstić information content (AvgIpc) is 2.70. The Hall–Kier alpha value is -3.53. The summed E-state index contributed by atoms with van der Waals surface area (Å²) in [5, 5.41) is 17.4. The standard InChI is InChI=1S/C20H21N5O2/c21-14-15-6-8-17(9-7-15)24-20(27)25-12-10-18(11-13-25)23-19(26)22-16-4-2-1-3-5-16/h1-9,18H,10-13H2,(H,24,27)(H2,22,23,26). The molecule has 1 fully saturated rings. The zero-order valence-electron chi connectivity index (χ0n) is 14.8. The lowest BCUT2D eigenvalue weighted by Crippen LogP contribution is -2.48. The van der Waals surface area contributed by atoms with Gasteiger partial charge in [0.15, 0.2) is 0 Å². The summed E-state index contributed by atoms with van der Waals surface area (Å²) in [6, 6.07) is 17.7. The van der Waals surface area contributed by atoms with Gasteiger partial charge in [-0.25, -0.2) is 9.59 Å². The van der Waals surface area contributed by atoms with E-state index in [0.29, 0.717) is 37.2 Å². The summed E-state index contributed by atoms with van der Waals surface area (Å²) in [5.41, 5.74) is 1.95. The number of benzene rings is 2. The third kappa shape index (κ3) is 5.22. The number of nitrogens with one attached hydrogen (secondary N) is 3. The third-order valence-corrected chi connectivity index (χ3v) is 4.41. The zero-order valence-corrected chi connectivity index (χ0v) is 14.8. The van der Waals surface area contributed by atoms with Crippen molar-refractivity contribution >= 4 is 23.4 Å². The highest BCUT2D eigenvalue weighted by Crippen LogP contribution is 2.14. The van der Waals surface area contributed by atoms with Gasteiger partial charge in [-0.1, -0.05) is 18.2 Å². The number of hydrogen-bond donors (Lipinski definition) is 3. The number of carbonyl (C=O) groups excluding carboxylic acids is 2. The zero-order chi connectivity index (χ0) is 19.1. The normalized spacial score (nSPS) is 14.1. The van der Waals surface area contributed by atoms with Crippen LogP contribution in [0.5, 0.6) is 0 Å². The van der Waals surface area contributed by atoms with Gasteiger partial charge in [0, 0.05) is 30.5 Å². The molecule has 138 valence electrons. The molecular weight excluding hydrogens is 342 g/mol. The van der Waals surface area contributed by atoms with Crippen molar-refractivity contribution in [3.63, 3.8) is 0 Å². The molecule has 0 spiro atoms. The third-order valence-electron chi connectivity index (χ3n) is 4.41. The highest BCUT2D eigenvalue weighted by Gasteiger charge is 2.24. The van der Waals surface area contributed by atoms with Crippen molar-refractivity contribution in [1.82, 2.24) is 10.2 Å². The Morgan fingerprint density at radius 3 is 2.19 bits per heavy atom. The fourth-order valence-corrected chi connectivity index (χ4v) is 2.93. The quantitative estimate of drug-likeness (QED) is 0.780. The van der Waals surface area contributed by atoms with Crippen molar-refractivity contribution in [3.05, 3.63) is 60.2 Å². The minimum Gasteiger partial charge on any atom is -0.335 e. The first-order valence-electron chi connectivity index (χ1n) is 8.83. The van der Waals surface area contributed by atoms with Crippen LogP contribution in [0.15, 0.2) is 54.6 Å². The molecule has 0 radical (unpaired) electrons. The second-order valence-electron chi connectivity index (χ2n) is 6.35. The molecule has 1 aliphatic rings. The molecule has 27 heavy (non-hydrogen) atoms. The summed E-state index contributed by atoms with van der Waals surface area (Å²) in [5.74, 6) is 0. The number of para-hydroxylation sites is 1. The molecule has 2 aromatic carbocycles. The first kappa shape index (κ1) is 18.3. The average molecular weight is 363 g/mol. The van der Waals surface area contributed by atoms with Crippen molar-refractivity contribution in [1.29, 1.82) is 5.26 Å². The monoisotopic (exact) mass is 363 g/mol. The molecule has 1 heterocycles. The van der Waals surface area contributed by atoms with E-state index in [4.69, 9.17) is 5.26 Å². The van der Waals surface area contributed by atoms with Gasteiger partial charge in [-0.2, -0.15) is 5.26 Å². The number of anilines is 2. The minimum atomic E-state index is -0.235. The van der Waals surface area contributed by atoms with Crippen LogP contribution in [0.1, 0.15) is 18.4 Å². The summed E-state index contributed by atoms with van der Waals surface area (Å²) in [7, 11) is 0. The molecule has 0 aliphatic carbocycles. The van der Waals surface area contributed by atoms with E-state index >= 15 is 0 Å². The fourth-order valence-electron chi connectivity index (χ4n) is 2.93. The Morgan fingerprint density at radius 1 is 0.926 bits per heavy atom. The summed E-state index contributed by atoms with van der Waals surface area (Å²) >= 11 is 0. The molecule has 2 aromatic rings. The first-order valence-corrected chi connectivity index (χ1v) is 8.83. The lowest BCUT2D eigenvalue weighted by molar-refractivity contribution is 0.189. The number of likely N-dealkylation sites (tertiary alicyclic amines) is 1. The molecule has 0 bridgehead atoms. The maximum atomic E-state index is 12.3. The van der Waals surface area contributed by atoms with Crippen LogP contribution >= 0.6 is 0 Å². The van der Waals surface area contributed by atoms with Crippen LogP contribution in [0.3, 0.4) is 0 Å². The van der Waals surface area contributed by atoms with Crippen LogP contribution in [0.25, 0.3) is 0 Å². The number of nitriles is 1. The largest absolute Gasteiger partial charge is 0.335 e. The Kier molecular flexibility index (Phi) is 5.90. The predicted octanol–water partition coefficient (Wildman–Crippen LogP) is 3.38. The SMILES string of the molecule is N#Cc1ccc(NC(=O)N2CCC(NC(=O)Nc3ccccc3)CC2)cc1. The van der Waals surface area contributed by atoms with Crippen molar-refractivity contribution in [2.75, 3.05) is 23.7 Å².